The minimum absolute atomic E-state index is 0.199. The van der Waals surface area contributed by atoms with E-state index in [-0.39, 0.29) is 16.7 Å². The summed E-state index contributed by atoms with van der Waals surface area (Å²) in [4.78, 5) is 8.82. The second kappa shape index (κ2) is 28.3. The Morgan fingerprint density at radius 1 is 0.192 bits per heavy atom. The van der Waals surface area contributed by atoms with Gasteiger partial charge in [0, 0.05) is 79.0 Å². The summed E-state index contributed by atoms with van der Waals surface area (Å²) < 4.78 is 8.39. The van der Waals surface area contributed by atoms with Gasteiger partial charge < -0.3 is 18.3 Å². The number of fused-ring (bicyclic) bond motifs is 12. The number of hydrogen-bond acceptors (Lipinski definition) is 12. The van der Waals surface area contributed by atoms with Crippen molar-refractivity contribution in [3.05, 3.63) is 359 Å². The Hall–Kier alpha value is -18.5. The van der Waals surface area contributed by atoms with Gasteiger partial charge in [0.05, 0.1) is 160 Å². The summed E-state index contributed by atoms with van der Waals surface area (Å²) in [5, 5.41) is 115. The third-order valence-corrected chi connectivity index (χ3v) is 23.0. The van der Waals surface area contributed by atoms with Crippen molar-refractivity contribution in [2.45, 2.75) is 0 Å². The molecule has 14 aromatic carbocycles. The fraction of sp³-hybridized carbons (Fsp3) is 0. The minimum atomic E-state index is 0.199. The van der Waals surface area contributed by atoms with E-state index in [0.717, 1.165) is 93.3 Å². The van der Waals surface area contributed by atoms with Gasteiger partial charge in [-0.25, -0.2) is 0 Å². The number of pyridine rings is 2. The van der Waals surface area contributed by atoms with E-state index in [1.54, 1.807) is 85.5 Å². The molecule has 546 valence electrons. The molecule has 0 radical (unpaired) electrons. The first-order valence-electron chi connectivity index (χ1n) is 38.0. The summed E-state index contributed by atoms with van der Waals surface area (Å²) in [6.07, 6.45) is 6.91. The zero-order valence-electron chi connectivity index (χ0n) is 63.0. The van der Waals surface area contributed by atoms with Crippen molar-refractivity contribution in [1.82, 2.24) is 28.2 Å². The fourth-order valence-electron chi connectivity index (χ4n) is 17.6. The molecule has 0 aliphatic rings. The van der Waals surface area contributed by atoms with Crippen molar-refractivity contribution in [2.24, 2.45) is 0 Å². The first-order valence-corrected chi connectivity index (χ1v) is 38.0. The van der Waals surface area contributed by atoms with Gasteiger partial charge in [0.15, 0.2) is 0 Å². The Labute approximate surface area is 684 Å². The molecule has 6 aromatic heterocycles. The Balaban J connectivity index is 0.824. The number of benzene rings is 14. The molecule has 20 aromatic rings. The number of aromatic nitrogens is 6. The quantitative estimate of drug-likeness (QED) is 0.117. The average molecular weight is 1520 g/mol. The van der Waals surface area contributed by atoms with E-state index in [0.29, 0.717) is 134 Å². The van der Waals surface area contributed by atoms with E-state index in [1.807, 2.05) is 206 Å². The minimum Gasteiger partial charge on any atom is -0.308 e. The Morgan fingerprint density at radius 2 is 0.533 bits per heavy atom. The molecule has 16 nitrogen and oxygen atoms in total. The maximum absolute atomic E-state index is 12.2. The fourth-order valence-corrected chi connectivity index (χ4v) is 17.6. The van der Waals surface area contributed by atoms with E-state index < -0.39 is 0 Å². The van der Waals surface area contributed by atoms with Crippen LogP contribution in [0.3, 0.4) is 0 Å². The highest BCUT2D eigenvalue weighted by Gasteiger charge is 2.29. The Kier molecular flexibility index (Phi) is 16.6. The standard InChI is InChI=1S/C104H50N16/c105-51-61-16-23-77(72(38-61)54-108)66-21-28-95-88(42-66)82-10-3-6-14-94(82)117(95)100-46-70(64-30-34-115-35-31-64)47-101(90(100)59-113)118-96-29-22-67(78-24-17-62(52-106)39-73(78)55-109)43-89(96)104-85(11-7-15-97(104)118)87-50-86(75(57-111)41-76(87)58-112)69-20-27-84-81-9-2-5-13-93(81)120(99(84)45-69)103-49-71(65-32-36-116-37-33-65)48-102(91(103)60-114)119-92-12-4-1-8-80(92)83-26-19-68(44-98(83)119)79-25-18-63(53-107)40-74(79)56-110/h1-50H. The van der Waals surface area contributed by atoms with Gasteiger partial charge in [-0.05, 0) is 224 Å². The van der Waals surface area contributed by atoms with E-state index in [1.165, 1.54) is 0 Å². The van der Waals surface area contributed by atoms with Crippen molar-refractivity contribution in [1.29, 1.82) is 52.6 Å². The van der Waals surface area contributed by atoms with Crippen molar-refractivity contribution in [2.75, 3.05) is 0 Å². The van der Waals surface area contributed by atoms with Crippen molar-refractivity contribution in [3.8, 4) is 161 Å². The Bertz CT molecular complexity index is 8430. The smallest absolute Gasteiger partial charge is 0.104 e. The normalized spacial score (nSPS) is 11.1. The molecule has 0 aliphatic carbocycles. The summed E-state index contributed by atoms with van der Waals surface area (Å²) in [6.45, 7) is 0. The van der Waals surface area contributed by atoms with Crippen molar-refractivity contribution >= 4 is 87.2 Å². The lowest BCUT2D eigenvalue weighted by Gasteiger charge is -2.19. The van der Waals surface area contributed by atoms with Crippen LogP contribution in [0.4, 0.5) is 0 Å². The van der Waals surface area contributed by atoms with E-state index in [9.17, 15) is 52.6 Å². The van der Waals surface area contributed by atoms with Crippen LogP contribution < -0.4 is 0 Å². The number of nitrogens with zero attached hydrogens (tertiary/aromatic N) is 16. The third-order valence-electron chi connectivity index (χ3n) is 23.0. The SMILES string of the molecule is N#Cc1ccc(-c2ccc3c(c2)c2ccccc2n3-c2cc(-c3ccncc3)cc(-n3c4ccc(-c5ccc(C#N)cc5C#N)cc4c4c(-c5cc(-c6ccc7c8ccccc8n(-c8cc(-c9ccncc9)cc(-n9c%10ccccc%10c%10ccc(-c%11ccc(C#N)cc%11C#N)cc%109)c8C#N)c7c6)c(C#N)cc5C#N)cccc43)c2C#N)c(C#N)c1. The van der Waals surface area contributed by atoms with E-state index >= 15 is 0 Å². The second-order valence-electron chi connectivity index (χ2n) is 29.1. The molecule has 0 atom stereocenters. The molecular weight excluding hydrogens is 1470 g/mol. The van der Waals surface area contributed by atoms with Crippen LogP contribution in [0.1, 0.15) is 55.6 Å². The molecule has 0 fully saturated rings. The monoisotopic (exact) mass is 1520 g/mol. The lowest BCUT2D eigenvalue weighted by atomic mass is 9.89. The first kappa shape index (κ1) is 70.6. The highest BCUT2D eigenvalue weighted by molar-refractivity contribution is 6.19. The number of rotatable bonds is 11. The zero-order valence-corrected chi connectivity index (χ0v) is 63.0. The molecular formula is C104H50N16. The Morgan fingerprint density at radius 3 is 0.967 bits per heavy atom. The van der Waals surface area contributed by atoms with Crippen molar-refractivity contribution < 1.29 is 0 Å². The van der Waals surface area contributed by atoms with Crippen LogP contribution in [0.5, 0.6) is 0 Å². The van der Waals surface area contributed by atoms with Gasteiger partial charge in [0.2, 0.25) is 0 Å². The van der Waals surface area contributed by atoms with Gasteiger partial charge in [0.25, 0.3) is 0 Å². The lowest BCUT2D eigenvalue weighted by Crippen LogP contribution is -2.05. The van der Waals surface area contributed by atoms with Crippen LogP contribution in [0.2, 0.25) is 0 Å². The molecule has 16 heteroatoms. The van der Waals surface area contributed by atoms with Gasteiger partial charge in [-0.3, -0.25) is 9.97 Å². The largest absolute Gasteiger partial charge is 0.308 e. The van der Waals surface area contributed by atoms with Crippen LogP contribution in [0.25, 0.3) is 188 Å². The summed E-state index contributed by atoms with van der Waals surface area (Å²) in [7, 11) is 0. The van der Waals surface area contributed by atoms with E-state index in [4.69, 9.17) is 0 Å². The molecule has 0 aliphatic heterocycles. The van der Waals surface area contributed by atoms with Gasteiger partial charge in [0.1, 0.15) is 23.3 Å². The predicted molar refractivity (Wildman–Crippen MR) is 465 cm³/mol. The molecule has 120 heavy (non-hydrogen) atoms. The average Bonchev–Trinajstić information content (AvgIpc) is 1.18. The summed E-state index contributed by atoms with van der Waals surface area (Å²) in [5.41, 5.74) is 20.6. The van der Waals surface area contributed by atoms with Crippen LogP contribution in [-0.4, -0.2) is 28.2 Å². The van der Waals surface area contributed by atoms with Gasteiger partial charge in [-0.2, -0.15) is 52.6 Å². The second-order valence-corrected chi connectivity index (χ2v) is 29.1. The predicted octanol–water partition coefficient (Wildman–Crippen LogP) is 23.3. The molecule has 0 spiro atoms. The maximum atomic E-state index is 12.2. The topological polar surface area (TPSA) is 283 Å². The maximum Gasteiger partial charge on any atom is 0.104 e. The highest BCUT2D eigenvalue weighted by atomic mass is 15.0. The first-order chi connectivity index (χ1) is 59.0. The van der Waals surface area contributed by atoms with Crippen molar-refractivity contribution in [3.63, 3.8) is 0 Å². The molecule has 0 N–H and O–H groups in total. The molecule has 0 saturated heterocycles. The third kappa shape index (κ3) is 11.1. The number of hydrogen-bond donors (Lipinski definition) is 0. The summed E-state index contributed by atoms with van der Waals surface area (Å²) >= 11 is 0. The summed E-state index contributed by atoms with van der Waals surface area (Å²) in [5.74, 6) is 0. The number of para-hydroxylation sites is 3. The highest BCUT2D eigenvalue weighted by Crippen LogP contribution is 2.49. The molecule has 20 rings (SSSR count). The number of nitriles is 10. The summed E-state index contributed by atoms with van der Waals surface area (Å²) in [6, 6.07) is 112. The van der Waals surface area contributed by atoms with Crippen LogP contribution in [0.15, 0.2) is 304 Å². The molecule has 6 heterocycles. The van der Waals surface area contributed by atoms with Gasteiger partial charge in [-0.15, -0.1) is 0 Å². The van der Waals surface area contributed by atoms with Gasteiger partial charge >= 0.3 is 0 Å². The van der Waals surface area contributed by atoms with Crippen LogP contribution in [-0.2, 0) is 0 Å². The molecule has 0 unspecified atom stereocenters. The lowest BCUT2D eigenvalue weighted by molar-refractivity contribution is 1.12. The molecule has 0 saturated carbocycles. The zero-order chi connectivity index (χ0) is 81.6. The molecule has 0 amide bonds. The van der Waals surface area contributed by atoms with Crippen LogP contribution >= 0.6 is 0 Å². The van der Waals surface area contributed by atoms with Gasteiger partial charge in [-0.1, -0.05) is 121 Å². The van der Waals surface area contributed by atoms with E-state index in [2.05, 4.69) is 101 Å². The molecule has 0 bridgehead atoms. The van der Waals surface area contributed by atoms with Crippen LogP contribution in [0, 0.1) is 113 Å².